The molecule has 0 bridgehead atoms. The van der Waals surface area contributed by atoms with E-state index in [4.69, 9.17) is 0 Å². The van der Waals surface area contributed by atoms with E-state index >= 15 is 0 Å². The standard InChI is InChI=1S/C19H19F2NO/c20-16-5-1-3-14(11-16)7-10-19(23)22(18-8-9-18)13-15-4-2-6-17(21)12-15/h1-6,11-12,18H,7-10,13H2. The molecule has 4 heteroatoms. The van der Waals surface area contributed by atoms with Gasteiger partial charge in [0.1, 0.15) is 11.6 Å². The van der Waals surface area contributed by atoms with Gasteiger partial charge in [-0.1, -0.05) is 24.3 Å². The number of halogens is 2. The number of aryl methyl sites for hydroxylation is 1. The monoisotopic (exact) mass is 315 g/mol. The van der Waals surface area contributed by atoms with Crippen LogP contribution in [0.1, 0.15) is 30.4 Å². The number of rotatable bonds is 6. The molecule has 1 fully saturated rings. The minimum atomic E-state index is -0.287. The van der Waals surface area contributed by atoms with Gasteiger partial charge in [0.15, 0.2) is 0 Å². The summed E-state index contributed by atoms with van der Waals surface area (Å²) in [6, 6.07) is 13.0. The molecule has 1 saturated carbocycles. The molecule has 0 aromatic heterocycles. The Hall–Kier alpha value is -2.23. The van der Waals surface area contributed by atoms with Crippen molar-refractivity contribution in [3.05, 3.63) is 71.3 Å². The smallest absolute Gasteiger partial charge is 0.223 e. The lowest BCUT2D eigenvalue weighted by atomic mass is 10.1. The first-order valence-corrected chi connectivity index (χ1v) is 7.90. The zero-order valence-electron chi connectivity index (χ0n) is 12.8. The molecule has 1 aliphatic rings. The van der Waals surface area contributed by atoms with Gasteiger partial charge in [-0.05, 0) is 54.7 Å². The van der Waals surface area contributed by atoms with Crippen molar-refractivity contribution in [1.82, 2.24) is 4.90 Å². The number of nitrogens with zero attached hydrogens (tertiary/aromatic N) is 1. The van der Waals surface area contributed by atoms with E-state index in [-0.39, 0.29) is 23.6 Å². The second kappa shape index (κ2) is 6.90. The van der Waals surface area contributed by atoms with E-state index in [1.807, 2.05) is 17.0 Å². The highest BCUT2D eigenvalue weighted by molar-refractivity contribution is 5.77. The van der Waals surface area contributed by atoms with Crippen LogP contribution in [0.3, 0.4) is 0 Å². The van der Waals surface area contributed by atoms with Gasteiger partial charge in [0.05, 0.1) is 0 Å². The van der Waals surface area contributed by atoms with Crippen molar-refractivity contribution in [2.45, 2.75) is 38.3 Å². The highest BCUT2D eigenvalue weighted by Gasteiger charge is 2.32. The van der Waals surface area contributed by atoms with Crippen molar-refractivity contribution in [3.63, 3.8) is 0 Å². The van der Waals surface area contributed by atoms with Crippen LogP contribution in [0.2, 0.25) is 0 Å². The summed E-state index contributed by atoms with van der Waals surface area (Å²) < 4.78 is 26.5. The van der Waals surface area contributed by atoms with Gasteiger partial charge in [-0.3, -0.25) is 4.79 Å². The zero-order valence-corrected chi connectivity index (χ0v) is 12.8. The zero-order chi connectivity index (χ0) is 16.2. The molecule has 0 N–H and O–H groups in total. The van der Waals surface area contributed by atoms with Crippen molar-refractivity contribution >= 4 is 5.91 Å². The van der Waals surface area contributed by atoms with Gasteiger partial charge in [0, 0.05) is 19.0 Å². The fraction of sp³-hybridized carbons (Fsp3) is 0.316. The van der Waals surface area contributed by atoms with Crippen molar-refractivity contribution in [2.24, 2.45) is 0 Å². The van der Waals surface area contributed by atoms with Crippen LogP contribution in [0.25, 0.3) is 0 Å². The van der Waals surface area contributed by atoms with Crippen LogP contribution in [-0.2, 0) is 17.8 Å². The first-order valence-electron chi connectivity index (χ1n) is 7.90. The lowest BCUT2D eigenvalue weighted by molar-refractivity contribution is -0.132. The second-order valence-corrected chi connectivity index (χ2v) is 6.01. The summed E-state index contributed by atoms with van der Waals surface area (Å²) in [4.78, 5) is 14.3. The molecule has 3 rings (SSSR count). The molecule has 2 nitrogen and oxygen atoms in total. The van der Waals surface area contributed by atoms with E-state index in [2.05, 4.69) is 0 Å². The minimum absolute atomic E-state index is 0.0426. The predicted molar refractivity (Wildman–Crippen MR) is 84.7 cm³/mol. The van der Waals surface area contributed by atoms with E-state index in [0.717, 1.165) is 24.0 Å². The highest BCUT2D eigenvalue weighted by atomic mass is 19.1. The molecular weight excluding hydrogens is 296 g/mol. The summed E-state index contributed by atoms with van der Waals surface area (Å²) in [6.45, 7) is 0.435. The Morgan fingerprint density at radius 2 is 1.61 bits per heavy atom. The third-order valence-electron chi connectivity index (χ3n) is 4.07. The number of hydrogen-bond donors (Lipinski definition) is 0. The summed E-state index contributed by atoms with van der Waals surface area (Å²) in [5, 5.41) is 0. The molecule has 0 saturated heterocycles. The summed E-state index contributed by atoms with van der Waals surface area (Å²) in [6.07, 6.45) is 2.86. The predicted octanol–water partition coefficient (Wildman–Crippen LogP) is 4.09. The fourth-order valence-corrected chi connectivity index (χ4v) is 2.73. The first-order chi connectivity index (χ1) is 11.1. The molecule has 120 valence electrons. The van der Waals surface area contributed by atoms with E-state index in [0.29, 0.717) is 19.4 Å². The van der Waals surface area contributed by atoms with Crippen molar-refractivity contribution in [3.8, 4) is 0 Å². The average Bonchev–Trinajstić information content (AvgIpc) is 3.35. The maximum Gasteiger partial charge on any atom is 0.223 e. The number of amides is 1. The van der Waals surface area contributed by atoms with E-state index in [1.54, 1.807) is 12.1 Å². The topological polar surface area (TPSA) is 20.3 Å². The van der Waals surface area contributed by atoms with Crippen LogP contribution < -0.4 is 0 Å². The molecule has 2 aromatic carbocycles. The maximum absolute atomic E-state index is 13.3. The molecule has 0 spiro atoms. The molecule has 0 atom stereocenters. The van der Waals surface area contributed by atoms with Crippen molar-refractivity contribution in [2.75, 3.05) is 0 Å². The molecule has 0 aliphatic heterocycles. The number of carbonyl (C=O) groups is 1. The minimum Gasteiger partial charge on any atom is -0.335 e. The summed E-state index contributed by atoms with van der Waals surface area (Å²) >= 11 is 0. The number of hydrogen-bond acceptors (Lipinski definition) is 1. The van der Waals surface area contributed by atoms with Gasteiger partial charge in [0.25, 0.3) is 0 Å². The van der Waals surface area contributed by atoms with Gasteiger partial charge in [-0.25, -0.2) is 8.78 Å². The van der Waals surface area contributed by atoms with Gasteiger partial charge in [-0.15, -0.1) is 0 Å². The molecule has 0 unspecified atom stereocenters. The van der Waals surface area contributed by atoms with Gasteiger partial charge >= 0.3 is 0 Å². The van der Waals surface area contributed by atoms with Gasteiger partial charge in [-0.2, -0.15) is 0 Å². The van der Waals surface area contributed by atoms with Crippen molar-refractivity contribution in [1.29, 1.82) is 0 Å². The van der Waals surface area contributed by atoms with Crippen LogP contribution >= 0.6 is 0 Å². The Balaban J connectivity index is 1.63. The van der Waals surface area contributed by atoms with E-state index in [1.165, 1.54) is 24.3 Å². The third-order valence-corrected chi connectivity index (χ3v) is 4.07. The highest BCUT2D eigenvalue weighted by Crippen LogP contribution is 2.29. The number of benzene rings is 2. The van der Waals surface area contributed by atoms with Crippen LogP contribution in [0, 0.1) is 11.6 Å². The maximum atomic E-state index is 13.3. The summed E-state index contributed by atoms with van der Waals surface area (Å²) in [7, 11) is 0. The Labute approximate surface area is 134 Å². The van der Waals surface area contributed by atoms with Gasteiger partial charge in [0.2, 0.25) is 5.91 Å². The van der Waals surface area contributed by atoms with Crippen LogP contribution in [0.15, 0.2) is 48.5 Å². The lowest BCUT2D eigenvalue weighted by Crippen LogP contribution is -2.32. The third kappa shape index (κ3) is 4.38. The largest absolute Gasteiger partial charge is 0.335 e. The van der Waals surface area contributed by atoms with Crippen LogP contribution in [-0.4, -0.2) is 16.8 Å². The Morgan fingerprint density at radius 1 is 1.00 bits per heavy atom. The molecule has 23 heavy (non-hydrogen) atoms. The van der Waals surface area contributed by atoms with Gasteiger partial charge < -0.3 is 4.90 Å². The molecule has 1 amide bonds. The van der Waals surface area contributed by atoms with E-state index in [9.17, 15) is 13.6 Å². The summed E-state index contributed by atoms with van der Waals surface area (Å²) in [5.74, 6) is -0.528. The normalized spacial score (nSPS) is 13.8. The Bertz CT molecular complexity index is 697. The van der Waals surface area contributed by atoms with Crippen LogP contribution in [0.5, 0.6) is 0 Å². The molecule has 0 heterocycles. The van der Waals surface area contributed by atoms with Crippen LogP contribution in [0.4, 0.5) is 8.78 Å². The number of carbonyl (C=O) groups excluding carboxylic acids is 1. The second-order valence-electron chi connectivity index (χ2n) is 6.01. The molecule has 2 aromatic rings. The van der Waals surface area contributed by atoms with Crippen molar-refractivity contribution < 1.29 is 13.6 Å². The fourth-order valence-electron chi connectivity index (χ4n) is 2.73. The van der Waals surface area contributed by atoms with E-state index < -0.39 is 0 Å². The SMILES string of the molecule is O=C(CCc1cccc(F)c1)N(Cc1cccc(F)c1)C1CC1. The quantitative estimate of drug-likeness (QED) is 0.786. The Kier molecular flexibility index (Phi) is 4.70. The molecule has 0 radical (unpaired) electrons. The summed E-state index contributed by atoms with van der Waals surface area (Å²) in [5.41, 5.74) is 1.62. The average molecular weight is 315 g/mol. The molecular formula is C19H19F2NO. The molecule has 1 aliphatic carbocycles. The Morgan fingerprint density at radius 3 is 2.22 bits per heavy atom. The lowest BCUT2D eigenvalue weighted by Gasteiger charge is -2.22. The first kappa shape index (κ1) is 15.7.